The zero-order chi connectivity index (χ0) is 14.6. The molecule has 1 N–H and O–H groups in total. The Bertz CT molecular complexity index is 322. The number of nitrogens with zero attached hydrogens (tertiary/aromatic N) is 2. The second-order valence-electron chi connectivity index (χ2n) is 6.37. The summed E-state index contributed by atoms with van der Waals surface area (Å²) in [4.78, 5) is 17.6. The topological polar surface area (TPSA) is 35.6 Å². The van der Waals surface area contributed by atoms with Crippen LogP contribution in [-0.2, 0) is 4.79 Å². The molecule has 4 nitrogen and oxygen atoms in total. The lowest BCUT2D eigenvalue weighted by molar-refractivity contribution is -0.140. The van der Waals surface area contributed by atoms with E-state index in [4.69, 9.17) is 0 Å². The van der Waals surface area contributed by atoms with Crippen molar-refractivity contribution in [3.05, 3.63) is 0 Å². The highest BCUT2D eigenvalue weighted by Crippen LogP contribution is 2.34. The summed E-state index contributed by atoms with van der Waals surface area (Å²) in [7, 11) is 0. The van der Waals surface area contributed by atoms with Gasteiger partial charge in [-0.05, 0) is 38.9 Å². The third-order valence-corrected chi connectivity index (χ3v) is 5.21. The van der Waals surface area contributed by atoms with Crippen molar-refractivity contribution in [1.29, 1.82) is 0 Å². The van der Waals surface area contributed by atoms with E-state index >= 15 is 0 Å². The summed E-state index contributed by atoms with van der Waals surface area (Å²) in [6.45, 7) is 12.6. The van der Waals surface area contributed by atoms with Gasteiger partial charge in [-0.1, -0.05) is 27.2 Å². The molecule has 0 aliphatic carbocycles. The lowest BCUT2D eigenvalue weighted by Gasteiger charge is -2.32. The molecule has 2 unspecified atom stereocenters. The summed E-state index contributed by atoms with van der Waals surface area (Å²) in [5, 5.41) is 3.40. The molecule has 2 aliphatic rings. The van der Waals surface area contributed by atoms with Gasteiger partial charge >= 0.3 is 0 Å². The summed E-state index contributed by atoms with van der Waals surface area (Å²) in [6, 6.07) is 0.571. The van der Waals surface area contributed by atoms with E-state index in [-0.39, 0.29) is 5.41 Å². The lowest BCUT2D eigenvalue weighted by Crippen LogP contribution is -2.46. The standard InChI is InChI=1S/C16H31N3O/c1-4-8-16(9-10-17-13-16)15(20)19-11-7-14(12-19)18(5-2)6-3/h14,17H,4-13H2,1-3H3. The van der Waals surface area contributed by atoms with Crippen molar-refractivity contribution in [2.45, 2.75) is 52.5 Å². The van der Waals surface area contributed by atoms with Crippen molar-refractivity contribution in [3.8, 4) is 0 Å². The first-order chi connectivity index (χ1) is 9.66. The van der Waals surface area contributed by atoms with Gasteiger partial charge in [0.05, 0.1) is 5.41 Å². The average Bonchev–Trinajstić information content (AvgIpc) is 3.10. The largest absolute Gasteiger partial charge is 0.341 e. The first-order valence-corrected chi connectivity index (χ1v) is 8.41. The highest BCUT2D eigenvalue weighted by atomic mass is 16.2. The van der Waals surface area contributed by atoms with Crippen LogP contribution in [0.4, 0.5) is 0 Å². The molecule has 20 heavy (non-hydrogen) atoms. The second kappa shape index (κ2) is 6.90. The molecule has 0 aromatic heterocycles. The van der Waals surface area contributed by atoms with E-state index in [9.17, 15) is 4.79 Å². The van der Waals surface area contributed by atoms with Crippen LogP contribution in [0.15, 0.2) is 0 Å². The summed E-state index contributed by atoms with van der Waals surface area (Å²) in [5.41, 5.74) is -0.104. The predicted octanol–water partition coefficient (Wildman–Crippen LogP) is 1.71. The van der Waals surface area contributed by atoms with Gasteiger partial charge in [-0.3, -0.25) is 9.69 Å². The molecule has 0 spiro atoms. The Kier molecular flexibility index (Phi) is 5.44. The molecular weight excluding hydrogens is 250 g/mol. The molecule has 0 aromatic carbocycles. The summed E-state index contributed by atoms with van der Waals surface area (Å²) < 4.78 is 0. The highest BCUT2D eigenvalue weighted by Gasteiger charge is 2.44. The Labute approximate surface area is 123 Å². The molecule has 1 amide bonds. The number of hydrogen-bond acceptors (Lipinski definition) is 3. The average molecular weight is 281 g/mol. The number of rotatable bonds is 6. The van der Waals surface area contributed by atoms with Crippen LogP contribution in [0.5, 0.6) is 0 Å². The lowest BCUT2D eigenvalue weighted by atomic mass is 9.81. The van der Waals surface area contributed by atoms with Gasteiger partial charge in [0.15, 0.2) is 0 Å². The third kappa shape index (κ3) is 3.01. The van der Waals surface area contributed by atoms with Crippen LogP contribution in [0.3, 0.4) is 0 Å². The first kappa shape index (κ1) is 15.8. The van der Waals surface area contributed by atoms with E-state index in [1.807, 2.05) is 0 Å². The van der Waals surface area contributed by atoms with Crippen molar-refractivity contribution in [2.75, 3.05) is 39.3 Å². The molecule has 2 saturated heterocycles. The molecule has 0 radical (unpaired) electrons. The molecule has 0 aromatic rings. The van der Waals surface area contributed by atoms with Gasteiger partial charge < -0.3 is 10.2 Å². The van der Waals surface area contributed by atoms with Gasteiger partial charge in [0.1, 0.15) is 0 Å². The van der Waals surface area contributed by atoms with Gasteiger partial charge in [-0.2, -0.15) is 0 Å². The Morgan fingerprint density at radius 1 is 1.35 bits per heavy atom. The molecular formula is C16H31N3O. The third-order valence-electron chi connectivity index (χ3n) is 5.21. The van der Waals surface area contributed by atoms with E-state index in [1.165, 1.54) is 0 Å². The quantitative estimate of drug-likeness (QED) is 0.805. The second-order valence-corrected chi connectivity index (χ2v) is 6.37. The number of hydrogen-bond donors (Lipinski definition) is 1. The van der Waals surface area contributed by atoms with Crippen molar-refractivity contribution in [1.82, 2.24) is 15.1 Å². The van der Waals surface area contributed by atoms with Gasteiger partial charge in [0, 0.05) is 25.7 Å². The van der Waals surface area contributed by atoms with Gasteiger partial charge in [-0.25, -0.2) is 0 Å². The van der Waals surface area contributed by atoms with Crippen LogP contribution < -0.4 is 5.32 Å². The maximum Gasteiger partial charge on any atom is 0.230 e. The number of likely N-dealkylation sites (tertiary alicyclic amines) is 1. The molecule has 0 bridgehead atoms. The molecule has 4 heteroatoms. The number of likely N-dealkylation sites (N-methyl/N-ethyl adjacent to an activating group) is 1. The number of carbonyl (C=O) groups is 1. The minimum atomic E-state index is -0.104. The smallest absolute Gasteiger partial charge is 0.230 e. The fraction of sp³-hybridized carbons (Fsp3) is 0.938. The summed E-state index contributed by atoms with van der Waals surface area (Å²) >= 11 is 0. The number of carbonyl (C=O) groups excluding carboxylic acids is 1. The van der Waals surface area contributed by atoms with E-state index < -0.39 is 0 Å². The van der Waals surface area contributed by atoms with Crippen molar-refractivity contribution in [2.24, 2.45) is 5.41 Å². The SMILES string of the molecule is CCCC1(C(=O)N2CCC(N(CC)CC)C2)CCNC1. The van der Waals surface area contributed by atoms with Crippen molar-refractivity contribution in [3.63, 3.8) is 0 Å². The highest BCUT2D eigenvalue weighted by molar-refractivity contribution is 5.83. The predicted molar refractivity (Wildman–Crippen MR) is 82.7 cm³/mol. The van der Waals surface area contributed by atoms with E-state index in [1.54, 1.807) is 0 Å². The Morgan fingerprint density at radius 2 is 2.10 bits per heavy atom. The van der Waals surface area contributed by atoms with Gasteiger partial charge in [0.25, 0.3) is 0 Å². The zero-order valence-corrected chi connectivity index (χ0v) is 13.5. The molecule has 2 rings (SSSR count). The molecule has 2 aliphatic heterocycles. The first-order valence-electron chi connectivity index (χ1n) is 8.41. The minimum Gasteiger partial charge on any atom is -0.341 e. The molecule has 0 saturated carbocycles. The monoisotopic (exact) mass is 281 g/mol. The normalized spacial score (nSPS) is 30.4. The summed E-state index contributed by atoms with van der Waals surface area (Å²) in [5.74, 6) is 0.416. The number of amides is 1. The van der Waals surface area contributed by atoms with E-state index in [0.717, 1.165) is 65.0 Å². The summed E-state index contributed by atoms with van der Waals surface area (Å²) in [6.07, 6.45) is 4.29. The van der Waals surface area contributed by atoms with Crippen LogP contribution in [0.25, 0.3) is 0 Å². The minimum absolute atomic E-state index is 0.104. The van der Waals surface area contributed by atoms with Gasteiger partial charge in [-0.15, -0.1) is 0 Å². The van der Waals surface area contributed by atoms with Crippen molar-refractivity contribution < 1.29 is 4.79 Å². The van der Waals surface area contributed by atoms with Crippen LogP contribution in [-0.4, -0.2) is 61.0 Å². The fourth-order valence-electron chi connectivity index (χ4n) is 4.02. The Balaban J connectivity index is 1.99. The van der Waals surface area contributed by atoms with Crippen LogP contribution in [0, 0.1) is 5.41 Å². The molecule has 2 atom stereocenters. The van der Waals surface area contributed by atoms with E-state index in [0.29, 0.717) is 11.9 Å². The maximum atomic E-state index is 13.0. The molecule has 2 heterocycles. The maximum absolute atomic E-state index is 13.0. The number of nitrogens with one attached hydrogen (secondary N) is 1. The Hall–Kier alpha value is -0.610. The zero-order valence-electron chi connectivity index (χ0n) is 13.5. The van der Waals surface area contributed by atoms with Crippen LogP contribution in [0.1, 0.15) is 46.5 Å². The Morgan fingerprint density at radius 3 is 2.65 bits per heavy atom. The van der Waals surface area contributed by atoms with Crippen LogP contribution in [0.2, 0.25) is 0 Å². The van der Waals surface area contributed by atoms with Crippen molar-refractivity contribution >= 4 is 5.91 Å². The van der Waals surface area contributed by atoms with Gasteiger partial charge in [0.2, 0.25) is 5.91 Å². The molecule has 2 fully saturated rings. The van der Waals surface area contributed by atoms with Crippen LogP contribution >= 0.6 is 0 Å². The fourth-order valence-corrected chi connectivity index (χ4v) is 4.02. The molecule has 116 valence electrons. The van der Waals surface area contributed by atoms with E-state index in [2.05, 4.69) is 35.9 Å².